The fourth-order valence-corrected chi connectivity index (χ4v) is 4.28. The normalized spacial score (nSPS) is 33.0. The van der Waals surface area contributed by atoms with Gasteiger partial charge in [-0.15, -0.1) is 0 Å². The summed E-state index contributed by atoms with van der Waals surface area (Å²) < 4.78 is 5.52. The summed E-state index contributed by atoms with van der Waals surface area (Å²) in [4.78, 5) is 5.39. The van der Waals surface area contributed by atoms with E-state index in [1.54, 1.807) is 0 Å². The van der Waals surface area contributed by atoms with Gasteiger partial charge < -0.3 is 4.74 Å². The molecule has 0 amide bonds. The molecule has 2 aliphatic rings. The van der Waals surface area contributed by atoms with Crippen LogP contribution in [0, 0.1) is 11.8 Å². The van der Waals surface area contributed by atoms with Crippen molar-refractivity contribution in [2.75, 3.05) is 33.4 Å². The van der Waals surface area contributed by atoms with E-state index in [1.165, 1.54) is 45.3 Å². The molecule has 0 bridgehead atoms. The van der Waals surface area contributed by atoms with Crippen LogP contribution in [0.3, 0.4) is 0 Å². The highest BCUT2D eigenvalue weighted by Gasteiger charge is 2.35. The van der Waals surface area contributed by atoms with Crippen LogP contribution in [0.15, 0.2) is 0 Å². The number of ether oxygens (including phenoxy) is 1. The van der Waals surface area contributed by atoms with E-state index in [1.807, 2.05) is 7.11 Å². The highest BCUT2D eigenvalue weighted by molar-refractivity contribution is 4.90. The Hall–Kier alpha value is -0.120. The summed E-state index contributed by atoms with van der Waals surface area (Å²) in [7, 11) is 1.85. The highest BCUT2D eigenvalue weighted by Crippen LogP contribution is 2.33. The molecule has 0 radical (unpaired) electrons. The summed E-state index contributed by atoms with van der Waals surface area (Å²) in [5.74, 6) is 1.82. The van der Waals surface area contributed by atoms with E-state index in [-0.39, 0.29) is 0 Å². The van der Waals surface area contributed by atoms with E-state index < -0.39 is 0 Å². The van der Waals surface area contributed by atoms with Crippen LogP contribution in [0.25, 0.3) is 0 Å². The molecule has 2 rings (SSSR count). The Labute approximate surface area is 132 Å². The van der Waals surface area contributed by atoms with Gasteiger partial charge in [0.2, 0.25) is 0 Å². The van der Waals surface area contributed by atoms with E-state index in [0.29, 0.717) is 12.1 Å². The molecular formula is C18H36N2O. The summed E-state index contributed by atoms with van der Waals surface area (Å²) in [6.07, 6.45) is 5.63. The monoisotopic (exact) mass is 296 g/mol. The van der Waals surface area contributed by atoms with Gasteiger partial charge in [-0.05, 0) is 51.4 Å². The van der Waals surface area contributed by atoms with Gasteiger partial charge in [0.15, 0.2) is 0 Å². The van der Waals surface area contributed by atoms with Gasteiger partial charge in [0.05, 0.1) is 6.61 Å². The van der Waals surface area contributed by atoms with Gasteiger partial charge >= 0.3 is 0 Å². The van der Waals surface area contributed by atoms with Crippen LogP contribution in [-0.4, -0.2) is 61.3 Å². The van der Waals surface area contributed by atoms with Crippen molar-refractivity contribution < 1.29 is 4.74 Å². The van der Waals surface area contributed by atoms with Gasteiger partial charge in [-0.25, -0.2) is 0 Å². The Morgan fingerprint density at radius 2 is 1.67 bits per heavy atom. The standard InChI is InChI=1S/C18H36N2O/c1-14(2)16-6-8-17(9-7-16)20-11-10-19(15(3)4)12-18(20)13-21-5/h14-18H,6-13H2,1-5H3/t16?,17?,18-/m1/s1. The zero-order chi connectivity index (χ0) is 15.4. The van der Waals surface area contributed by atoms with Crippen molar-refractivity contribution in [1.82, 2.24) is 9.80 Å². The smallest absolute Gasteiger partial charge is 0.0630 e. The van der Waals surface area contributed by atoms with Crippen molar-refractivity contribution in [3.05, 3.63) is 0 Å². The van der Waals surface area contributed by atoms with Gasteiger partial charge in [-0.3, -0.25) is 9.80 Å². The zero-order valence-electron chi connectivity index (χ0n) is 14.8. The zero-order valence-corrected chi connectivity index (χ0v) is 14.8. The minimum Gasteiger partial charge on any atom is -0.383 e. The number of hydrogen-bond donors (Lipinski definition) is 0. The summed E-state index contributed by atoms with van der Waals surface area (Å²) >= 11 is 0. The lowest BCUT2D eigenvalue weighted by Gasteiger charge is -2.48. The minimum atomic E-state index is 0.590. The predicted molar refractivity (Wildman–Crippen MR) is 89.7 cm³/mol. The topological polar surface area (TPSA) is 15.7 Å². The fraction of sp³-hybridized carbons (Fsp3) is 1.00. The van der Waals surface area contributed by atoms with Crippen molar-refractivity contribution >= 4 is 0 Å². The largest absolute Gasteiger partial charge is 0.383 e. The maximum atomic E-state index is 5.52. The highest BCUT2D eigenvalue weighted by atomic mass is 16.5. The summed E-state index contributed by atoms with van der Waals surface area (Å²) in [6.45, 7) is 13.9. The van der Waals surface area contributed by atoms with E-state index in [9.17, 15) is 0 Å². The Morgan fingerprint density at radius 1 is 1.00 bits per heavy atom. The predicted octanol–water partition coefficient (Wildman–Crippen LogP) is 3.24. The average Bonchev–Trinajstić information content (AvgIpc) is 2.47. The molecule has 1 saturated carbocycles. The summed E-state index contributed by atoms with van der Waals surface area (Å²) in [5, 5.41) is 0. The van der Waals surface area contributed by atoms with Crippen molar-refractivity contribution in [3.63, 3.8) is 0 Å². The quantitative estimate of drug-likeness (QED) is 0.774. The second kappa shape index (κ2) is 7.94. The Balaban J connectivity index is 1.92. The molecule has 0 aromatic heterocycles. The van der Waals surface area contributed by atoms with E-state index in [0.717, 1.165) is 24.5 Å². The molecule has 1 aliphatic carbocycles. The Morgan fingerprint density at radius 3 is 2.19 bits per heavy atom. The molecule has 1 heterocycles. The van der Waals surface area contributed by atoms with E-state index >= 15 is 0 Å². The lowest BCUT2D eigenvalue weighted by atomic mass is 9.79. The van der Waals surface area contributed by atoms with E-state index in [4.69, 9.17) is 4.74 Å². The van der Waals surface area contributed by atoms with Crippen LogP contribution in [0.2, 0.25) is 0 Å². The number of nitrogens with zero attached hydrogens (tertiary/aromatic N) is 2. The molecule has 1 atom stereocenters. The first-order valence-corrected chi connectivity index (χ1v) is 9.01. The maximum absolute atomic E-state index is 5.52. The first-order chi connectivity index (χ1) is 10.0. The average molecular weight is 296 g/mol. The molecule has 21 heavy (non-hydrogen) atoms. The van der Waals surface area contributed by atoms with Crippen molar-refractivity contribution in [3.8, 4) is 0 Å². The third-order valence-corrected chi connectivity index (χ3v) is 5.80. The van der Waals surface area contributed by atoms with Crippen molar-refractivity contribution in [2.24, 2.45) is 11.8 Å². The lowest BCUT2D eigenvalue weighted by molar-refractivity contribution is -0.0221. The number of piperazine rings is 1. The molecule has 0 unspecified atom stereocenters. The molecule has 0 aromatic carbocycles. The SMILES string of the molecule is COC[C@H]1CN(C(C)C)CCN1C1CCC(C(C)C)CC1. The van der Waals surface area contributed by atoms with Gasteiger partial charge in [0.25, 0.3) is 0 Å². The molecule has 0 spiro atoms. The van der Waals surface area contributed by atoms with Crippen molar-refractivity contribution in [1.29, 1.82) is 0 Å². The van der Waals surface area contributed by atoms with Crippen LogP contribution in [0.1, 0.15) is 53.4 Å². The van der Waals surface area contributed by atoms with Gasteiger partial charge in [-0.1, -0.05) is 13.8 Å². The van der Waals surface area contributed by atoms with Gasteiger partial charge in [0.1, 0.15) is 0 Å². The molecule has 3 heteroatoms. The lowest BCUT2D eigenvalue weighted by Crippen LogP contribution is -2.59. The Kier molecular flexibility index (Phi) is 6.51. The minimum absolute atomic E-state index is 0.590. The van der Waals surface area contributed by atoms with E-state index in [2.05, 4.69) is 37.5 Å². The molecule has 0 N–H and O–H groups in total. The summed E-state index contributed by atoms with van der Waals surface area (Å²) in [6, 6.07) is 2.05. The van der Waals surface area contributed by atoms with Crippen LogP contribution >= 0.6 is 0 Å². The molecule has 124 valence electrons. The molecule has 1 saturated heterocycles. The number of rotatable bonds is 5. The number of methoxy groups -OCH3 is 1. The number of hydrogen-bond acceptors (Lipinski definition) is 3. The Bertz CT molecular complexity index is 298. The molecular weight excluding hydrogens is 260 g/mol. The molecule has 0 aromatic rings. The summed E-state index contributed by atoms with van der Waals surface area (Å²) in [5.41, 5.74) is 0. The van der Waals surface area contributed by atoms with Gasteiger partial charge in [0, 0.05) is 44.9 Å². The third-order valence-electron chi connectivity index (χ3n) is 5.80. The van der Waals surface area contributed by atoms with Crippen LogP contribution in [0.4, 0.5) is 0 Å². The van der Waals surface area contributed by atoms with Crippen LogP contribution < -0.4 is 0 Å². The van der Waals surface area contributed by atoms with Crippen LogP contribution in [0.5, 0.6) is 0 Å². The third kappa shape index (κ3) is 4.43. The second-order valence-corrected chi connectivity index (χ2v) is 7.75. The van der Waals surface area contributed by atoms with Crippen LogP contribution in [-0.2, 0) is 4.74 Å². The molecule has 2 fully saturated rings. The second-order valence-electron chi connectivity index (χ2n) is 7.75. The van der Waals surface area contributed by atoms with Crippen molar-refractivity contribution in [2.45, 2.75) is 71.5 Å². The van der Waals surface area contributed by atoms with Gasteiger partial charge in [-0.2, -0.15) is 0 Å². The first-order valence-electron chi connectivity index (χ1n) is 9.01. The first kappa shape index (κ1) is 17.2. The fourth-order valence-electron chi connectivity index (χ4n) is 4.28. The molecule has 1 aliphatic heterocycles. The maximum Gasteiger partial charge on any atom is 0.0630 e. The molecule has 3 nitrogen and oxygen atoms in total.